The molecule has 4 nitrogen and oxygen atoms in total. The minimum absolute atomic E-state index is 0.408. The molecule has 1 aromatic rings. The van der Waals surface area contributed by atoms with E-state index >= 15 is 0 Å². The molecule has 1 saturated heterocycles. The normalized spacial score (nSPS) is 21.1. The van der Waals surface area contributed by atoms with Crippen LogP contribution in [0.3, 0.4) is 0 Å². The van der Waals surface area contributed by atoms with Crippen molar-refractivity contribution in [3.63, 3.8) is 0 Å². The van der Waals surface area contributed by atoms with Gasteiger partial charge in [-0.3, -0.25) is 9.47 Å². The Balaban J connectivity index is 1.31. The van der Waals surface area contributed by atoms with Gasteiger partial charge in [0, 0.05) is 29.9 Å². The molecule has 1 atom stereocenters. The van der Waals surface area contributed by atoms with Crippen LogP contribution in [0.2, 0.25) is 0 Å². The fourth-order valence-electron chi connectivity index (χ4n) is 5.44. The van der Waals surface area contributed by atoms with Crippen LogP contribution in [0.1, 0.15) is 61.3 Å². The minimum Gasteiger partial charge on any atom is -0.299 e. The third-order valence-corrected chi connectivity index (χ3v) is 7.58. The van der Waals surface area contributed by atoms with Crippen molar-refractivity contribution in [3.8, 4) is 11.4 Å². The molecule has 0 aliphatic carbocycles. The van der Waals surface area contributed by atoms with E-state index in [-0.39, 0.29) is 0 Å². The summed E-state index contributed by atoms with van der Waals surface area (Å²) in [7, 11) is 0. The summed E-state index contributed by atoms with van der Waals surface area (Å²) < 4.78 is 40.6. The Bertz CT molecular complexity index is 1080. The molecule has 33 heavy (non-hydrogen) atoms. The predicted molar refractivity (Wildman–Crippen MR) is 125 cm³/mol. The van der Waals surface area contributed by atoms with Gasteiger partial charge in [0.25, 0.3) is 0 Å². The number of aromatic nitrogens is 3. The molecule has 0 bridgehead atoms. The molecule has 4 aliphatic heterocycles. The number of benzene rings is 1. The van der Waals surface area contributed by atoms with Gasteiger partial charge >= 0.3 is 6.18 Å². The van der Waals surface area contributed by atoms with Gasteiger partial charge in [-0.25, -0.2) is 9.97 Å². The smallest absolute Gasteiger partial charge is 0.299 e. The summed E-state index contributed by atoms with van der Waals surface area (Å²) in [5, 5.41) is 0. The zero-order chi connectivity index (χ0) is 23.0. The van der Waals surface area contributed by atoms with E-state index < -0.39 is 11.7 Å². The standard InChI is InChI=1S/C25H27F3N4S/c26-25(27,28)19-7-5-17(6-8-19)15-31-13-10-18(11-14-31)20-3-1-2-4-22(33)32-16-30-24-21(23(20)32)9-12-29-24/h5-9,12,16,18,20H,1-4,10-11,13-15H2. The van der Waals surface area contributed by atoms with Crippen molar-refractivity contribution < 1.29 is 13.2 Å². The van der Waals surface area contributed by atoms with Crippen molar-refractivity contribution in [2.45, 2.75) is 57.2 Å². The monoisotopic (exact) mass is 472 g/mol. The number of hydrogen-bond donors (Lipinski definition) is 0. The van der Waals surface area contributed by atoms with Crippen molar-refractivity contribution in [2.24, 2.45) is 5.92 Å². The van der Waals surface area contributed by atoms with Crippen molar-refractivity contribution in [3.05, 3.63) is 59.7 Å². The zero-order valence-corrected chi connectivity index (χ0v) is 19.2. The van der Waals surface area contributed by atoms with Gasteiger partial charge < -0.3 is 0 Å². The number of rotatable bonds is 3. The van der Waals surface area contributed by atoms with E-state index in [1.54, 1.807) is 12.1 Å². The first-order chi connectivity index (χ1) is 15.9. The molecule has 8 heteroatoms. The average Bonchev–Trinajstić information content (AvgIpc) is 3.27. The quantitative estimate of drug-likeness (QED) is 0.429. The Labute approximate surface area is 197 Å². The molecule has 1 unspecified atom stereocenters. The van der Waals surface area contributed by atoms with E-state index in [0.717, 1.165) is 73.6 Å². The van der Waals surface area contributed by atoms with Crippen molar-refractivity contribution in [2.75, 3.05) is 13.1 Å². The van der Waals surface area contributed by atoms with Crippen LogP contribution in [0.15, 0.2) is 42.9 Å². The topological polar surface area (TPSA) is 34.0 Å². The SMILES string of the molecule is FC(F)(F)c1ccc(CN2CCC(C3CCCCC(=S)n4cnc5nccc-5c43)CC2)cc1. The average molecular weight is 473 g/mol. The van der Waals surface area contributed by atoms with Gasteiger partial charge in [-0.1, -0.05) is 30.8 Å². The lowest BCUT2D eigenvalue weighted by atomic mass is 9.77. The van der Waals surface area contributed by atoms with Crippen LogP contribution in [0.5, 0.6) is 0 Å². The maximum Gasteiger partial charge on any atom is 0.416 e. The van der Waals surface area contributed by atoms with Gasteiger partial charge in [-0.15, -0.1) is 0 Å². The van der Waals surface area contributed by atoms with Gasteiger partial charge in [0.1, 0.15) is 6.33 Å². The maximum atomic E-state index is 12.8. The predicted octanol–water partition coefficient (Wildman–Crippen LogP) is 6.15. The largest absolute Gasteiger partial charge is 0.416 e. The molecule has 1 fully saturated rings. The van der Waals surface area contributed by atoms with Gasteiger partial charge in [0.2, 0.25) is 0 Å². The molecule has 1 aromatic carbocycles. The van der Waals surface area contributed by atoms with Gasteiger partial charge in [0.15, 0.2) is 5.82 Å². The van der Waals surface area contributed by atoms with Crippen LogP contribution < -0.4 is 0 Å². The summed E-state index contributed by atoms with van der Waals surface area (Å²) in [5.41, 5.74) is 2.71. The molecule has 0 saturated carbocycles. The number of thiocarbonyl (C=S) groups is 1. The lowest BCUT2D eigenvalue weighted by Crippen LogP contribution is -2.36. The number of alkyl halides is 3. The lowest BCUT2D eigenvalue weighted by molar-refractivity contribution is -0.137. The van der Waals surface area contributed by atoms with Crippen molar-refractivity contribution >= 4 is 17.2 Å². The summed E-state index contributed by atoms with van der Waals surface area (Å²) in [6, 6.07) is 7.63. The molecule has 4 aliphatic rings. The molecule has 4 heterocycles. The number of nitrogens with zero attached hydrogens (tertiary/aromatic N) is 4. The van der Waals surface area contributed by atoms with Crippen LogP contribution >= 0.6 is 12.2 Å². The molecule has 174 valence electrons. The molecule has 5 rings (SSSR count). The van der Waals surface area contributed by atoms with Gasteiger partial charge in [-0.05, 0) is 74.9 Å². The Morgan fingerprint density at radius 3 is 2.45 bits per heavy atom. The van der Waals surface area contributed by atoms with Crippen LogP contribution in [0.25, 0.3) is 11.4 Å². The Morgan fingerprint density at radius 2 is 1.73 bits per heavy atom. The molecular weight excluding hydrogens is 445 g/mol. The van der Waals surface area contributed by atoms with Crippen LogP contribution in [-0.2, 0) is 12.7 Å². The Hall–Kier alpha value is -2.32. The lowest BCUT2D eigenvalue weighted by Gasteiger charge is -2.38. The van der Waals surface area contributed by atoms with Gasteiger partial charge in [-0.2, -0.15) is 13.2 Å². The van der Waals surface area contributed by atoms with E-state index in [2.05, 4.69) is 25.5 Å². The second kappa shape index (κ2) is 9.14. The van der Waals surface area contributed by atoms with Crippen molar-refractivity contribution in [1.82, 2.24) is 19.4 Å². The number of hydrogen-bond acceptors (Lipinski definition) is 4. The minimum atomic E-state index is -4.29. The van der Waals surface area contributed by atoms with E-state index in [9.17, 15) is 13.2 Å². The molecule has 0 amide bonds. The van der Waals surface area contributed by atoms with Crippen LogP contribution in [0.4, 0.5) is 13.2 Å². The summed E-state index contributed by atoms with van der Waals surface area (Å²) in [5.74, 6) is 1.74. The molecule has 0 aromatic heterocycles. The molecule has 0 radical (unpaired) electrons. The van der Waals surface area contributed by atoms with E-state index in [1.165, 1.54) is 17.8 Å². The number of fused-ring (bicyclic) bond motifs is 3. The van der Waals surface area contributed by atoms with E-state index in [1.807, 2.05) is 12.5 Å². The third kappa shape index (κ3) is 4.68. The summed E-state index contributed by atoms with van der Waals surface area (Å²) >= 11 is 5.75. The second-order valence-electron chi connectivity index (χ2n) is 9.24. The fourth-order valence-corrected chi connectivity index (χ4v) is 5.73. The van der Waals surface area contributed by atoms with E-state index in [4.69, 9.17) is 12.2 Å². The highest BCUT2D eigenvalue weighted by molar-refractivity contribution is 7.80. The van der Waals surface area contributed by atoms with Crippen LogP contribution in [0, 0.1) is 5.92 Å². The maximum absolute atomic E-state index is 12.8. The number of halogens is 3. The zero-order valence-electron chi connectivity index (χ0n) is 18.4. The first-order valence-electron chi connectivity index (χ1n) is 11.6. The molecule has 0 spiro atoms. The summed E-state index contributed by atoms with van der Waals surface area (Å²) in [4.78, 5) is 12.2. The highest BCUT2D eigenvalue weighted by atomic mass is 32.1. The van der Waals surface area contributed by atoms with Gasteiger partial charge in [0.05, 0.1) is 10.6 Å². The molecule has 0 N–H and O–H groups in total. The van der Waals surface area contributed by atoms with E-state index in [0.29, 0.717) is 18.4 Å². The summed E-state index contributed by atoms with van der Waals surface area (Å²) in [6.07, 6.45) is 5.83. The van der Waals surface area contributed by atoms with Crippen molar-refractivity contribution in [1.29, 1.82) is 0 Å². The van der Waals surface area contributed by atoms with Crippen LogP contribution in [-0.4, -0.2) is 37.5 Å². The summed E-state index contributed by atoms with van der Waals surface area (Å²) in [6.45, 7) is 2.58. The number of likely N-dealkylation sites (tertiary alicyclic amines) is 1. The Kier molecular flexibility index (Phi) is 6.22. The molecular formula is C25H27F3N4S. The third-order valence-electron chi connectivity index (χ3n) is 7.17. The highest BCUT2D eigenvalue weighted by Crippen LogP contribution is 2.42. The fraction of sp³-hybridized carbons (Fsp3) is 0.480. The number of piperidine rings is 1. The first-order valence-corrected chi connectivity index (χ1v) is 12.0. The second-order valence-corrected chi connectivity index (χ2v) is 9.71. The Morgan fingerprint density at radius 1 is 0.970 bits per heavy atom. The highest BCUT2D eigenvalue weighted by Gasteiger charge is 2.34. The first kappa shape index (κ1) is 22.5.